The Morgan fingerprint density at radius 2 is 2.13 bits per heavy atom. The number of benzene rings is 1. The zero-order valence-electron chi connectivity index (χ0n) is 13.0. The third-order valence-corrected chi connectivity index (χ3v) is 4.19. The van der Waals surface area contributed by atoms with Crippen molar-refractivity contribution in [1.29, 1.82) is 5.26 Å². The van der Waals surface area contributed by atoms with E-state index in [1.54, 1.807) is 0 Å². The van der Waals surface area contributed by atoms with E-state index in [4.69, 9.17) is 5.26 Å². The van der Waals surface area contributed by atoms with Crippen molar-refractivity contribution in [1.82, 2.24) is 9.97 Å². The molecule has 6 heteroatoms. The van der Waals surface area contributed by atoms with E-state index in [1.165, 1.54) is 6.20 Å². The Morgan fingerprint density at radius 3 is 2.83 bits per heavy atom. The molecule has 2 aromatic rings. The lowest BCUT2D eigenvalue weighted by Crippen LogP contribution is -2.33. The first-order valence-electron chi connectivity index (χ1n) is 7.78. The third-order valence-electron chi connectivity index (χ3n) is 4.19. The number of anilines is 2. The molecular formula is C17H19N5O. The fourth-order valence-electron chi connectivity index (χ4n) is 2.78. The van der Waals surface area contributed by atoms with Crippen molar-refractivity contribution in [3.8, 4) is 6.07 Å². The average molecular weight is 309 g/mol. The van der Waals surface area contributed by atoms with E-state index in [-0.39, 0.29) is 17.4 Å². The van der Waals surface area contributed by atoms with Gasteiger partial charge in [-0.05, 0) is 30.9 Å². The molecule has 0 radical (unpaired) electrons. The molecule has 1 aromatic carbocycles. The number of imidazole rings is 1. The van der Waals surface area contributed by atoms with Crippen LogP contribution in [0.4, 0.5) is 11.4 Å². The number of aromatic nitrogens is 2. The number of hydrogen-bond donors (Lipinski definition) is 2. The highest BCUT2D eigenvalue weighted by Gasteiger charge is 2.19. The molecule has 23 heavy (non-hydrogen) atoms. The van der Waals surface area contributed by atoms with Gasteiger partial charge < -0.3 is 15.2 Å². The van der Waals surface area contributed by atoms with E-state index >= 15 is 0 Å². The topological polar surface area (TPSA) is 84.8 Å². The Hall–Kier alpha value is -2.81. The van der Waals surface area contributed by atoms with Crippen LogP contribution < -0.4 is 10.2 Å². The summed E-state index contributed by atoms with van der Waals surface area (Å²) in [4.78, 5) is 21.2. The van der Waals surface area contributed by atoms with Crippen LogP contribution in [-0.4, -0.2) is 29.0 Å². The van der Waals surface area contributed by atoms with Gasteiger partial charge in [0.1, 0.15) is 11.8 Å². The molecule has 2 N–H and O–H groups in total. The molecule has 0 saturated carbocycles. The van der Waals surface area contributed by atoms with Crippen LogP contribution in [0.3, 0.4) is 0 Å². The molecule has 1 aliphatic heterocycles. The van der Waals surface area contributed by atoms with Crippen molar-refractivity contribution in [2.24, 2.45) is 5.92 Å². The molecule has 1 aromatic heterocycles. The van der Waals surface area contributed by atoms with E-state index in [0.717, 1.165) is 43.2 Å². The van der Waals surface area contributed by atoms with Crippen LogP contribution in [0.15, 0.2) is 30.5 Å². The first-order chi connectivity index (χ1) is 11.2. The summed E-state index contributed by atoms with van der Waals surface area (Å²) >= 11 is 0. The monoisotopic (exact) mass is 309 g/mol. The lowest BCUT2D eigenvalue weighted by atomic mass is 9.98. The largest absolute Gasteiger partial charge is 0.370 e. The van der Waals surface area contributed by atoms with Gasteiger partial charge in [-0.15, -0.1) is 0 Å². The van der Waals surface area contributed by atoms with Crippen molar-refractivity contribution < 1.29 is 4.79 Å². The minimum Gasteiger partial charge on any atom is -0.370 e. The summed E-state index contributed by atoms with van der Waals surface area (Å²) < 4.78 is 0. The lowest BCUT2D eigenvalue weighted by molar-refractivity contribution is 0.101. The molecule has 1 saturated heterocycles. The smallest absolute Gasteiger partial charge is 0.291 e. The van der Waals surface area contributed by atoms with Crippen LogP contribution in [-0.2, 0) is 0 Å². The van der Waals surface area contributed by atoms with Crippen molar-refractivity contribution >= 4 is 17.3 Å². The predicted octanol–water partition coefficient (Wildman–Crippen LogP) is 2.77. The maximum atomic E-state index is 12.3. The van der Waals surface area contributed by atoms with E-state index in [0.29, 0.717) is 0 Å². The third kappa shape index (κ3) is 3.34. The van der Waals surface area contributed by atoms with Gasteiger partial charge >= 0.3 is 0 Å². The Kier molecular flexibility index (Phi) is 4.29. The summed E-state index contributed by atoms with van der Waals surface area (Å²) in [5.41, 5.74) is 2.07. The number of carbonyl (C=O) groups excluding carboxylic acids is 1. The highest BCUT2D eigenvalue weighted by molar-refractivity contribution is 6.03. The fourth-order valence-corrected chi connectivity index (χ4v) is 2.78. The van der Waals surface area contributed by atoms with Crippen LogP contribution in [0.2, 0.25) is 0 Å². The molecule has 0 atom stereocenters. The molecule has 0 bridgehead atoms. The molecule has 118 valence electrons. The summed E-state index contributed by atoms with van der Waals surface area (Å²) in [6.07, 6.45) is 3.67. The van der Waals surface area contributed by atoms with Gasteiger partial charge in [0.05, 0.1) is 17.6 Å². The summed E-state index contributed by atoms with van der Waals surface area (Å²) in [6, 6.07) is 9.71. The van der Waals surface area contributed by atoms with Gasteiger partial charge in [-0.3, -0.25) is 4.79 Å². The van der Waals surface area contributed by atoms with E-state index in [1.807, 2.05) is 30.3 Å². The standard InChI is InChI=1S/C17H19N5O/c1-12-6-8-22(9-7-12)15-5-3-2-4-14(15)21-17(23)16-19-11-13(10-18)20-16/h2-5,11-12H,6-9H2,1H3,(H,19,20)(H,21,23). The number of H-pyrrole nitrogens is 1. The molecule has 0 unspecified atom stereocenters. The van der Waals surface area contributed by atoms with Crippen molar-refractivity contribution in [2.45, 2.75) is 19.8 Å². The van der Waals surface area contributed by atoms with Crippen molar-refractivity contribution in [3.63, 3.8) is 0 Å². The fraction of sp³-hybridized carbons (Fsp3) is 0.353. The molecular weight excluding hydrogens is 290 g/mol. The van der Waals surface area contributed by atoms with Crippen LogP contribution in [0, 0.1) is 17.2 Å². The van der Waals surface area contributed by atoms with Crippen molar-refractivity contribution in [2.75, 3.05) is 23.3 Å². The Labute approximate surface area is 135 Å². The molecule has 1 amide bonds. The molecule has 6 nitrogen and oxygen atoms in total. The lowest BCUT2D eigenvalue weighted by Gasteiger charge is -2.33. The summed E-state index contributed by atoms with van der Waals surface area (Å²) in [5, 5.41) is 11.7. The highest BCUT2D eigenvalue weighted by Crippen LogP contribution is 2.29. The maximum Gasteiger partial charge on any atom is 0.291 e. The van der Waals surface area contributed by atoms with Gasteiger partial charge in [0, 0.05) is 13.1 Å². The van der Waals surface area contributed by atoms with Crippen LogP contribution in [0.25, 0.3) is 0 Å². The van der Waals surface area contributed by atoms with Gasteiger partial charge in [0.15, 0.2) is 5.82 Å². The molecule has 1 aliphatic rings. The van der Waals surface area contributed by atoms with E-state index < -0.39 is 0 Å². The molecule has 1 fully saturated rings. The molecule has 0 spiro atoms. The van der Waals surface area contributed by atoms with Gasteiger partial charge in [0.2, 0.25) is 0 Å². The molecule has 0 aliphatic carbocycles. The van der Waals surface area contributed by atoms with Crippen LogP contribution >= 0.6 is 0 Å². The van der Waals surface area contributed by atoms with E-state index in [9.17, 15) is 4.79 Å². The van der Waals surface area contributed by atoms with E-state index in [2.05, 4.69) is 27.1 Å². The Balaban J connectivity index is 1.78. The zero-order valence-corrected chi connectivity index (χ0v) is 13.0. The number of aromatic amines is 1. The van der Waals surface area contributed by atoms with Gasteiger partial charge in [-0.2, -0.15) is 5.26 Å². The highest BCUT2D eigenvalue weighted by atomic mass is 16.2. The average Bonchev–Trinajstić information content (AvgIpc) is 3.05. The van der Waals surface area contributed by atoms with Crippen LogP contribution in [0.1, 0.15) is 36.1 Å². The normalized spacial score (nSPS) is 15.2. The molecule has 3 rings (SSSR count). The zero-order chi connectivity index (χ0) is 16.2. The van der Waals surface area contributed by atoms with Crippen molar-refractivity contribution in [3.05, 3.63) is 42.0 Å². The summed E-state index contributed by atoms with van der Waals surface area (Å²) in [7, 11) is 0. The number of nitrogens with one attached hydrogen (secondary N) is 2. The number of piperidine rings is 1. The van der Waals surface area contributed by atoms with Gasteiger partial charge in [-0.25, -0.2) is 4.98 Å². The number of rotatable bonds is 3. The number of amides is 1. The summed E-state index contributed by atoms with van der Waals surface area (Å²) in [5.74, 6) is 0.550. The maximum absolute atomic E-state index is 12.3. The number of nitriles is 1. The Bertz CT molecular complexity index is 737. The first-order valence-corrected chi connectivity index (χ1v) is 7.78. The molecule has 2 heterocycles. The Morgan fingerprint density at radius 1 is 1.39 bits per heavy atom. The number of hydrogen-bond acceptors (Lipinski definition) is 4. The minimum absolute atomic E-state index is 0.142. The predicted molar refractivity (Wildman–Crippen MR) is 88.3 cm³/mol. The number of carbonyl (C=O) groups is 1. The quantitative estimate of drug-likeness (QED) is 0.913. The van der Waals surface area contributed by atoms with Crippen LogP contribution in [0.5, 0.6) is 0 Å². The summed E-state index contributed by atoms with van der Waals surface area (Å²) in [6.45, 7) is 4.26. The van der Waals surface area contributed by atoms with Gasteiger partial charge in [-0.1, -0.05) is 19.1 Å². The van der Waals surface area contributed by atoms with Gasteiger partial charge in [0.25, 0.3) is 5.91 Å². The number of nitrogens with zero attached hydrogens (tertiary/aromatic N) is 3. The second-order valence-electron chi connectivity index (χ2n) is 5.90. The second-order valence-corrected chi connectivity index (χ2v) is 5.90. The minimum atomic E-state index is -0.343. The SMILES string of the molecule is CC1CCN(c2ccccc2NC(=O)c2ncc(C#N)[nH]2)CC1. The number of para-hydroxylation sites is 2. The first kappa shape index (κ1) is 15.1. The second kappa shape index (κ2) is 6.53.